The summed E-state index contributed by atoms with van der Waals surface area (Å²) in [4.78, 5) is 11.9. The van der Waals surface area contributed by atoms with E-state index in [1.807, 2.05) is 30.3 Å². The maximum atomic E-state index is 11.9. The Morgan fingerprint density at radius 1 is 1.19 bits per heavy atom. The van der Waals surface area contributed by atoms with Gasteiger partial charge in [0.05, 0.1) is 6.54 Å². The summed E-state index contributed by atoms with van der Waals surface area (Å²) < 4.78 is 5.32. The molecule has 1 heterocycles. The molecule has 1 aromatic heterocycles. The first-order chi connectivity index (χ1) is 7.61. The van der Waals surface area contributed by atoms with E-state index in [4.69, 9.17) is 12.2 Å². The molecule has 1 aromatic carbocycles. The van der Waals surface area contributed by atoms with Gasteiger partial charge >= 0.3 is 5.69 Å². The van der Waals surface area contributed by atoms with Gasteiger partial charge in [-0.2, -0.15) is 0 Å². The molecule has 0 aliphatic heterocycles. The number of aromatic nitrogens is 3. The van der Waals surface area contributed by atoms with Crippen LogP contribution in [0, 0.1) is 4.77 Å². The minimum Gasteiger partial charge on any atom is -0.271 e. The van der Waals surface area contributed by atoms with Gasteiger partial charge in [-0.3, -0.25) is 9.25 Å². The first-order valence-electron chi connectivity index (χ1n) is 4.98. The van der Waals surface area contributed by atoms with Gasteiger partial charge in [0.2, 0.25) is 0 Å². The second-order valence-corrected chi connectivity index (χ2v) is 4.06. The molecule has 16 heavy (non-hydrogen) atoms. The molecule has 0 unspecified atom stereocenters. The normalized spacial score (nSPS) is 10.6. The van der Waals surface area contributed by atoms with Gasteiger partial charge in [-0.1, -0.05) is 30.3 Å². The molecule has 84 valence electrons. The largest absolute Gasteiger partial charge is 0.345 e. The van der Waals surface area contributed by atoms with E-state index in [0.29, 0.717) is 11.3 Å². The molecule has 0 N–H and O–H groups in total. The highest BCUT2D eigenvalue weighted by molar-refractivity contribution is 7.71. The van der Waals surface area contributed by atoms with Crippen molar-refractivity contribution in [2.24, 2.45) is 14.1 Å². The van der Waals surface area contributed by atoms with Crippen LogP contribution in [0.4, 0.5) is 0 Å². The average Bonchev–Trinajstić information content (AvgIpc) is 2.48. The van der Waals surface area contributed by atoms with Crippen molar-refractivity contribution in [3.05, 3.63) is 51.2 Å². The quantitative estimate of drug-likeness (QED) is 0.735. The zero-order chi connectivity index (χ0) is 11.7. The van der Waals surface area contributed by atoms with Crippen molar-refractivity contribution < 1.29 is 0 Å². The van der Waals surface area contributed by atoms with Crippen LogP contribution in [-0.4, -0.2) is 13.9 Å². The van der Waals surface area contributed by atoms with Gasteiger partial charge in [0.15, 0.2) is 4.77 Å². The van der Waals surface area contributed by atoms with Crippen molar-refractivity contribution in [1.29, 1.82) is 0 Å². The van der Waals surface area contributed by atoms with Crippen molar-refractivity contribution >= 4 is 12.2 Å². The van der Waals surface area contributed by atoms with Crippen LogP contribution in [0.1, 0.15) is 5.56 Å². The average molecular weight is 235 g/mol. The highest BCUT2D eigenvalue weighted by Crippen LogP contribution is 2.00. The maximum Gasteiger partial charge on any atom is 0.345 e. The SMILES string of the molecule is Cn1c(=S)n(C)n(Cc2ccccc2)c1=O. The van der Waals surface area contributed by atoms with Gasteiger partial charge in [0, 0.05) is 14.1 Å². The molecule has 5 heteroatoms. The Morgan fingerprint density at radius 3 is 2.31 bits per heavy atom. The number of rotatable bonds is 2. The predicted octanol–water partition coefficient (Wildman–Crippen LogP) is 1.30. The van der Waals surface area contributed by atoms with Gasteiger partial charge in [0.1, 0.15) is 0 Å². The van der Waals surface area contributed by atoms with Gasteiger partial charge < -0.3 is 0 Å². The molecule has 0 saturated heterocycles. The van der Waals surface area contributed by atoms with E-state index < -0.39 is 0 Å². The Hall–Kier alpha value is -1.62. The smallest absolute Gasteiger partial charge is 0.271 e. The number of nitrogens with zero attached hydrogens (tertiary/aromatic N) is 3. The molecule has 4 nitrogen and oxygen atoms in total. The van der Waals surface area contributed by atoms with Crippen molar-refractivity contribution in [2.75, 3.05) is 0 Å². The zero-order valence-electron chi connectivity index (χ0n) is 9.25. The second kappa shape index (κ2) is 4.09. The van der Waals surface area contributed by atoms with Crippen LogP contribution in [0.5, 0.6) is 0 Å². The fourth-order valence-corrected chi connectivity index (χ4v) is 1.81. The Balaban J connectivity index is 2.48. The number of hydrogen-bond acceptors (Lipinski definition) is 2. The lowest BCUT2D eigenvalue weighted by molar-refractivity contribution is 0.530. The standard InChI is InChI=1S/C11H13N3OS/c1-12-10(15)14(13(2)11(12)16)8-9-6-4-3-5-7-9/h3-7H,8H2,1-2H3. The number of hydrogen-bond donors (Lipinski definition) is 0. The Morgan fingerprint density at radius 2 is 1.81 bits per heavy atom. The molecular weight excluding hydrogens is 222 g/mol. The molecule has 2 rings (SSSR count). The predicted molar refractivity (Wildman–Crippen MR) is 65.0 cm³/mol. The van der Waals surface area contributed by atoms with Crippen LogP contribution >= 0.6 is 12.2 Å². The minimum absolute atomic E-state index is 0.0867. The summed E-state index contributed by atoms with van der Waals surface area (Å²) in [7, 11) is 3.48. The van der Waals surface area contributed by atoms with Crippen molar-refractivity contribution in [1.82, 2.24) is 13.9 Å². The van der Waals surface area contributed by atoms with Gasteiger partial charge in [-0.25, -0.2) is 9.48 Å². The molecular formula is C11H13N3OS. The van der Waals surface area contributed by atoms with E-state index in [1.54, 1.807) is 23.5 Å². The fourth-order valence-electron chi connectivity index (χ4n) is 1.63. The second-order valence-electron chi connectivity index (χ2n) is 3.69. The third-order valence-corrected chi connectivity index (χ3v) is 3.15. The summed E-state index contributed by atoms with van der Waals surface area (Å²) in [5, 5.41) is 0. The molecule has 0 amide bonds. The molecule has 0 radical (unpaired) electrons. The van der Waals surface area contributed by atoms with Gasteiger partial charge in [-0.15, -0.1) is 0 Å². The first-order valence-corrected chi connectivity index (χ1v) is 5.39. The highest BCUT2D eigenvalue weighted by atomic mass is 32.1. The van der Waals surface area contributed by atoms with E-state index in [9.17, 15) is 4.79 Å². The lowest BCUT2D eigenvalue weighted by Gasteiger charge is -2.05. The van der Waals surface area contributed by atoms with E-state index in [-0.39, 0.29) is 5.69 Å². The molecule has 0 saturated carbocycles. The third kappa shape index (κ3) is 1.74. The molecule has 0 fully saturated rings. The molecule has 0 aliphatic rings. The molecule has 0 atom stereocenters. The van der Waals surface area contributed by atoms with Crippen LogP contribution in [0.3, 0.4) is 0 Å². The zero-order valence-corrected chi connectivity index (χ0v) is 10.1. The van der Waals surface area contributed by atoms with E-state index in [2.05, 4.69) is 0 Å². The Labute approximate surface area is 98.4 Å². The van der Waals surface area contributed by atoms with E-state index in [1.165, 1.54) is 4.57 Å². The summed E-state index contributed by atoms with van der Waals surface area (Å²) >= 11 is 5.12. The lowest BCUT2D eigenvalue weighted by Crippen LogP contribution is -2.25. The molecule has 0 bridgehead atoms. The van der Waals surface area contributed by atoms with Crippen molar-refractivity contribution in [3.8, 4) is 0 Å². The topological polar surface area (TPSA) is 31.9 Å². The van der Waals surface area contributed by atoms with Crippen LogP contribution in [-0.2, 0) is 20.6 Å². The summed E-state index contributed by atoms with van der Waals surface area (Å²) in [6, 6.07) is 9.84. The van der Waals surface area contributed by atoms with Crippen LogP contribution in [0.25, 0.3) is 0 Å². The maximum absolute atomic E-state index is 11.9. The Bertz CT molecular complexity index is 606. The van der Waals surface area contributed by atoms with Gasteiger partial charge in [0.25, 0.3) is 0 Å². The van der Waals surface area contributed by atoms with Crippen LogP contribution in [0.2, 0.25) is 0 Å². The number of benzene rings is 1. The summed E-state index contributed by atoms with van der Waals surface area (Å²) in [6.07, 6.45) is 0. The van der Waals surface area contributed by atoms with E-state index >= 15 is 0 Å². The van der Waals surface area contributed by atoms with Crippen molar-refractivity contribution in [2.45, 2.75) is 6.54 Å². The summed E-state index contributed by atoms with van der Waals surface area (Å²) in [5.74, 6) is 0. The van der Waals surface area contributed by atoms with Crippen molar-refractivity contribution in [3.63, 3.8) is 0 Å². The Kier molecular flexibility index (Phi) is 2.78. The lowest BCUT2D eigenvalue weighted by atomic mass is 10.2. The monoisotopic (exact) mass is 235 g/mol. The first kappa shape index (κ1) is 10.9. The van der Waals surface area contributed by atoms with Crippen LogP contribution < -0.4 is 5.69 Å². The van der Waals surface area contributed by atoms with E-state index in [0.717, 1.165) is 5.56 Å². The summed E-state index contributed by atoms with van der Waals surface area (Å²) in [5.41, 5.74) is 0.997. The molecule has 0 spiro atoms. The van der Waals surface area contributed by atoms with Gasteiger partial charge in [-0.05, 0) is 17.8 Å². The molecule has 0 aliphatic carbocycles. The molecule has 2 aromatic rings. The highest BCUT2D eigenvalue weighted by Gasteiger charge is 2.07. The van der Waals surface area contributed by atoms with Crippen LogP contribution in [0.15, 0.2) is 35.1 Å². The minimum atomic E-state index is -0.0867. The fraction of sp³-hybridized carbons (Fsp3) is 0.273. The summed E-state index contributed by atoms with van der Waals surface area (Å²) in [6.45, 7) is 0.542. The third-order valence-electron chi connectivity index (χ3n) is 2.61.